The van der Waals surface area contributed by atoms with E-state index in [1.54, 1.807) is 11.3 Å². The van der Waals surface area contributed by atoms with Crippen LogP contribution in [0.3, 0.4) is 0 Å². The highest BCUT2D eigenvalue weighted by Crippen LogP contribution is 2.28. The zero-order valence-electron chi connectivity index (χ0n) is 25.6. The Labute approximate surface area is 257 Å². The number of rotatable bonds is 9. The Morgan fingerprint density at radius 2 is 1.81 bits per heavy atom. The summed E-state index contributed by atoms with van der Waals surface area (Å²) >= 11 is 1.58. The van der Waals surface area contributed by atoms with Crippen molar-refractivity contribution in [3.8, 4) is 10.4 Å². The van der Waals surface area contributed by atoms with Crippen LogP contribution >= 0.6 is 11.3 Å². The molecule has 11 nitrogen and oxygen atoms in total. The number of aryl methyl sites for hydroxylation is 1. The maximum Gasteiger partial charge on any atom is 0.308 e. The van der Waals surface area contributed by atoms with Gasteiger partial charge in [-0.05, 0) is 49.4 Å². The monoisotopic (exact) mass is 613 g/mol. The van der Waals surface area contributed by atoms with Crippen LogP contribution in [0.15, 0.2) is 29.8 Å². The van der Waals surface area contributed by atoms with Crippen LogP contribution in [0.4, 0.5) is 0 Å². The van der Waals surface area contributed by atoms with Crippen molar-refractivity contribution < 1.29 is 29.0 Å². The molecule has 1 aromatic carbocycles. The minimum atomic E-state index is -0.893. The highest BCUT2D eigenvalue weighted by atomic mass is 32.1. The predicted octanol–water partition coefficient (Wildman–Crippen LogP) is 2.11. The third-order valence-corrected chi connectivity index (χ3v) is 9.18. The van der Waals surface area contributed by atoms with Crippen LogP contribution < -0.4 is 10.6 Å². The topological polar surface area (TPSA) is 141 Å². The number of carbonyl (C=O) groups is 4. The number of hydrogen-bond acceptors (Lipinski definition) is 9. The number of thiazole rings is 1. The summed E-state index contributed by atoms with van der Waals surface area (Å²) in [5, 5.41) is 16.3. The lowest BCUT2D eigenvalue weighted by Crippen LogP contribution is -2.58. The van der Waals surface area contributed by atoms with Gasteiger partial charge in [0, 0.05) is 19.5 Å². The molecule has 12 heteroatoms. The number of carbonyl (C=O) groups excluding carboxylic acids is 4. The number of amides is 3. The first-order valence-corrected chi connectivity index (χ1v) is 15.6. The number of β-amino-alcohol motifs (C(OH)–C–C–N with tert-alkyl or cyclic N) is 1. The largest absolute Gasteiger partial charge is 0.469 e. The lowest BCUT2D eigenvalue weighted by molar-refractivity contribution is -0.147. The fraction of sp³-hybridized carbons (Fsp3) is 0.581. The van der Waals surface area contributed by atoms with Gasteiger partial charge in [-0.2, -0.15) is 0 Å². The smallest absolute Gasteiger partial charge is 0.308 e. The van der Waals surface area contributed by atoms with Crippen molar-refractivity contribution >= 4 is 35.0 Å². The lowest BCUT2D eigenvalue weighted by Gasteiger charge is -2.36. The number of ether oxygens (including phenoxy) is 1. The third-order valence-electron chi connectivity index (χ3n) is 8.20. The Balaban J connectivity index is 1.35. The molecule has 0 saturated carbocycles. The number of aromatic nitrogens is 1. The van der Waals surface area contributed by atoms with E-state index in [-0.39, 0.29) is 49.8 Å². The molecule has 0 bridgehead atoms. The quantitative estimate of drug-likeness (QED) is 0.366. The molecule has 3 N–H and O–H groups in total. The van der Waals surface area contributed by atoms with Gasteiger partial charge in [0.05, 0.1) is 41.8 Å². The minimum absolute atomic E-state index is 0.0172. The summed E-state index contributed by atoms with van der Waals surface area (Å²) in [6, 6.07) is 6.15. The highest BCUT2D eigenvalue weighted by Gasteiger charge is 2.44. The van der Waals surface area contributed by atoms with Crippen molar-refractivity contribution in [3.05, 3.63) is 41.0 Å². The number of aliphatic hydroxyl groups excluding tert-OH is 1. The van der Waals surface area contributed by atoms with Crippen LogP contribution in [0, 0.1) is 18.3 Å². The van der Waals surface area contributed by atoms with Gasteiger partial charge >= 0.3 is 5.97 Å². The highest BCUT2D eigenvalue weighted by molar-refractivity contribution is 7.13. The Morgan fingerprint density at radius 1 is 1.14 bits per heavy atom. The van der Waals surface area contributed by atoms with Crippen molar-refractivity contribution in [1.82, 2.24) is 25.4 Å². The van der Waals surface area contributed by atoms with Gasteiger partial charge in [0.15, 0.2) is 0 Å². The van der Waals surface area contributed by atoms with Crippen molar-refractivity contribution in [3.63, 3.8) is 0 Å². The molecule has 0 radical (unpaired) electrons. The van der Waals surface area contributed by atoms with Gasteiger partial charge in [-0.3, -0.25) is 24.1 Å². The number of benzene rings is 1. The molecule has 2 aliphatic rings. The summed E-state index contributed by atoms with van der Waals surface area (Å²) in [6.45, 7) is 9.09. The minimum Gasteiger partial charge on any atom is -0.469 e. The molecule has 4 rings (SSSR count). The maximum absolute atomic E-state index is 13.8. The average molecular weight is 614 g/mol. The van der Waals surface area contributed by atoms with Crippen molar-refractivity contribution in [1.29, 1.82) is 0 Å². The Morgan fingerprint density at radius 3 is 2.40 bits per heavy atom. The van der Waals surface area contributed by atoms with Crippen LogP contribution in [0.2, 0.25) is 0 Å². The van der Waals surface area contributed by atoms with Gasteiger partial charge in [-0.25, -0.2) is 4.98 Å². The van der Waals surface area contributed by atoms with E-state index in [2.05, 4.69) is 15.6 Å². The van der Waals surface area contributed by atoms with Crippen LogP contribution in [0.25, 0.3) is 10.4 Å². The Hall–Kier alpha value is -3.35. The Bertz CT molecular complexity index is 1300. The fourth-order valence-corrected chi connectivity index (χ4v) is 6.50. The summed E-state index contributed by atoms with van der Waals surface area (Å²) < 4.78 is 4.84. The van der Waals surface area contributed by atoms with Crippen LogP contribution in [-0.4, -0.2) is 95.1 Å². The number of hydrogen-bond donors (Lipinski definition) is 3. The first-order valence-electron chi connectivity index (χ1n) is 14.7. The van der Waals surface area contributed by atoms with E-state index < -0.39 is 29.5 Å². The van der Waals surface area contributed by atoms with E-state index in [9.17, 15) is 24.3 Å². The Kier molecular flexibility index (Phi) is 10.6. The molecule has 2 aromatic rings. The summed E-state index contributed by atoms with van der Waals surface area (Å²) in [6.07, 6.45) is 0.509. The lowest BCUT2D eigenvalue weighted by atomic mass is 9.85. The van der Waals surface area contributed by atoms with Crippen molar-refractivity contribution in [2.75, 3.05) is 33.3 Å². The van der Waals surface area contributed by atoms with Crippen LogP contribution in [-0.2, 0) is 30.5 Å². The van der Waals surface area contributed by atoms with Gasteiger partial charge in [0.25, 0.3) is 0 Å². The van der Waals surface area contributed by atoms with E-state index >= 15 is 0 Å². The first kappa shape index (κ1) is 32.6. The van der Waals surface area contributed by atoms with Gasteiger partial charge in [-0.1, -0.05) is 45.0 Å². The summed E-state index contributed by atoms with van der Waals surface area (Å²) in [5.41, 5.74) is 4.12. The summed E-state index contributed by atoms with van der Waals surface area (Å²) in [4.78, 5) is 60.8. The average Bonchev–Trinajstić information content (AvgIpc) is 3.59. The van der Waals surface area contributed by atoms with Crippen LogP contribution in [0.5, 0.6) is 0 Å². The molecule has 2 saturated heterocycles. The summed E-state index contributed by atoms with van der Waals surface area (Å²) in [5.74, 6) is -1.44. The molecule has 0 unspecified atom stereocenters. The zero-order chi connectivity index (χ0) is 31.3. The molecular weight excluding hydrogens is 570 g/mol. The van der Waals surface area contributed by atoms with Gasteiger partial charge in [0.1, 0.15) is 12.1 Å². The molecule has 43 heavy (non-hydrogen) atoms. The molecule has 3 heterocycles. The van der Waals surface area contributed by atoms with Crippen molar-refractivity contribution in [2.24, 2.45) is 11.3 Å². The first-order chi connectivity index (χ1) is 20.4. The maximum atomic E-state index is 13.8. The van der Waals surface area contributed by atoms with Gasteiger partial charge in [-0.15, -0.1) is 11.3 Å². The molecule has 0 aliphatic carbocycles. The van der Waals surface area contributed by atoms with E-state index in [0.29, 0.717) is 25.9 Å². The van der Waals surface area contributed by atoms with Gasteiger partial charge < -0.3 is 25.4 Å². The van der Waals surface area contributed by atoms with Crippen molar-refractivity contribution in [2.45, 2.75) is 71.7 Å². The van der Waals surface area contributed by atoms with E-state index in [0.717, 1.165) is 21.7 Å². The molecule has 2 aliphatic heterocycles. The zero-order valence-corrected chi connectivity index (χ0v) is 26.4. The van der Waals surface area contributed by atoms with E-state index in [1.807, 2.05) is 62.4 Å². The number of piperidine rings is 1. The molecule has 2 fully saturated rings. The standard InChI is InChI=1S/C31H43N5O6S/c1-19-26(43-18-33-19)21-8-6-20(7-9-21)15-32-28(39)24-14-23(37)16-36(24)29(40)27(31(2,3)4)34-25(38)17-35-12-10-22(11-13-35)30(41)42-5/h6-9,18,22-24,27,37H,10-17H2,1-5H3,(H,32,39)(H,34,38)/t23-,24+,27-/m1/s1. The normalized spacial score (nSPS) is 20.5. The second kappa shape index (κ2) is 14.0. The number of nitrogens with zero attached hydrogens (tertiary/aromatic N) is 3. The summed E-state index contributed by atoms with van der Waals surface area (Å²) in [7, 11) is 1.38. The molecule has 0 spiro atoms. The number of aliphatic hydroxyl groups is 1. The number of nitrogens with one attached hydrogen (secondary N) is 2. The second-order valence-electron chi connectivity index (χ2n) is 12.5. The molecule has 3 atom stereocenters. The molecule has 1 aromatic heterocycles. The van der Waals surface area contributed by atoms with E-state index in [1.165, 1.54) is 12.0 Å². The predicted molar refractivity (Wildman–Crippen MR) is 163 cm³/mol. The second-order valence-corrected chi connectivity index (χ2v) is 13.4. The number of esters is 1. The third kappa shape index (κ3) is 8.18. The van der Waals surface area contributed by atoms with E-state index in [4.69, 9.17) is 4.74 Å². The number of methoxy groups -OCH3 is 1. The van der Waals surface area contributed by atoms with Gasteiger partial charge in [0.2, 0.25) is 17.7 Å². The van der Waals surface area contributed by atoms with Crippen LogP contribution in [0.1, 0.15) is 51.3 Å². The number of likely N-dealkylation sites (tertiary alicyclic amines) is 2. The molecular formula is C31H43N5O6S. The molecule has 234 valence electrons. The SMILES string of the molecule is COC(=O)C1CCN(CC(=O)N[C@H](C(=O)N2C[C@H](O)C[C@H]2C(=O)NCc2ccc(-c3scnc3C)cc2)C(C)(C)C)CC1. The molecule has 3 amide bonds. The fourth-order valence-electron chi connectivity index (χ4n) is 5.68.